The highest BCUT2D eigenvalue weighted by Crippen LogP contribution is 2.00. The fourth-order valence-corrected chi connectivity index (χ4v) is 0.841. The monoisotopic (exact) mass is 147 g/mol. The van der Waals surface area contributed by atoms with E-state index in [0.29, 0.717) is 0 Å². The first-order chi connectivity index (χ1) is 5.29. The number of pyridine rings is 1. The van der Waals surface area contributed by atoms with E-state index >= 15 is 0 Å². The number of allylic oxidation sites excluding steroid dienone is 2. The minimum Gasteiger partial charge on any atom is -0.264 e. The second-order valence-corrected chi connectivity index (χ2v) is 2.85. The number of aromatic nitrogens is 1. The lowest BCUT2D eigenvalue weighted by atomic mass is 10.2. The molecule has 1 heteroatoms. The van der Waals surface area contributed by atoms with E-state index in [9.17, 15) is 0 Å². The van der Waals surface area contributed by atoms with Crippen LogP contribution in [0.2, 0.25) is 0 Å². The molecule has 1 nitrogen and oxygen atoms in total. The van der Waals surface area contributed by atoms with Gasteiger partial charge >= 0.3 is 0 Å². The van der Waals surface area contributed by atoms with Gasteiger partial charge in [-0.2, -0.15) is 0 Å². The maximum Gasteiger partial charge on any atom is 0.0303 e. The van der Waals surface area contributed by atoms with Crippen molar-refractivity contribution in [2.24, 2.45) is 0 Å². The van der Waals surface area contributed by atoms with Crippen molar-refractivity contribution >= 4 is 0 Å². The summed E-state index contributed by atoms with van der Waals surface area (Å²) in [6, 6.07) is 4.06. The Morgan fingerprint density at radius 2 is 2.36 bits per heavy atom. The second kappa shape index (κ2) is 3.91. The standard InChI is InChI=1S/C10H13N/c1-9(2)5-6-10-4-3-7-11-8-10/h3-5,7-8H,6H2,1-2H3. The van der Waals surface area contributed by atoms with Crippen LogP contribution in [0.1, 0.15) is 19.4 Å². The molecule has 1 rings (SSSR count). The summed E-state index contributed by atoms with van der Waals surface area (Å²) >= 11 is 0. The first-order valence-corrected chi connectivity index (χ1v) is 3.81. The Hall–Kier alpha value is -1.11. The summed E-state index contributed by atoms with van der Waals surface area (Å²) in [6.45, 7) is 4.22. The molecule has 0 atom stereocenters. The Kier molecular flexibility index (Phi) is 2.84. The molecule has 0 aliphatic rings. The number of rotatable bonds is 2. The third kappa shape index (κ3) is 2.99. The molecule has 0 aliphatic carbocycles. The van der Waals surface area contributed by atoms with Crippen LogP contribution in [-0.2, 0) is 6.42 Å². The van der Waals surface area contributed by atoms with Gasteiger partial charge in [-0.3, -0.25) is 4.98 Å². The number of hydrogen-bond acceptors (Lipinski definition) is 1. The summed E-state index contributed by atoms with van der Waals surface area (Å²) in [5.74, 6) is 0. The first kappa shape index (κ1) is 7.99. The Balaban J connectivity index is 2.59. The molecule has 0 spiro atoms. The lowest BCUT2D eigenvalue weighted by Crippen LogP contribution is -1.81. The zero-order valence-corrected chi connectivity index (χ0v) is 7.04. The van der Waals surface area contributed by atoms with E-state index in [1.165, 1.54) is 11.1 Å². The summed E-state index contributed by atoms with van der Waals surface area (Å²) < 4.78 is 0. The molecule has 0 aliphatic heterocycles. The van der Waals surface area contributed by atoms with E-state index in [2.05, 4.69) is 31.0 Å². The molecule has 0 amide bonds. The van der Waals surface area contributed by atoms with Gasteiger partial charge in [0.05, 0.1) is 0 Å². The molecule has 1 aromatic heterocycles. The Bertz CT molecular complexity index is 232. The van der Waals surface area contributed by atoms with Crippen LogP contribution in [0.25, 0.3) is 0 Å². The van der Waals surface area contributed by atoms with Gasteiger partial charge in [-0.05, 0) is 31.9 Å². The van der Waals surface area contributed by atoms with E-state index in [1.54, 1.807) is 6.20 Å². The van der Waals surface area contributed by atoms with Gasteiger partial charge in [-0.15, -0.1) is 0 Å². The summed E-state index contributed by atoms with van der Waals surface area (Å²) in [7, 11) is 0. The summed E-state index contributed by atoms with van der Waals surface area (Å²) in [6.07, 6.45) is 6.90. The molecule has 0 saturated heterocycles. The largest absolute Gasteiger partial charge is 0.264 e. The normalized spacial score (nSPS) is 9.27. The second-order valence-electron chi connectivity index (χ2n) is 2.85. The highest BCUT2D eigenvalue weighted by atomic mass is 14.6. The lowest BCUT2D eigenvalue weighted by molar-refractivity contribution is 1.16. The van der Waals surface area contributed by atoms with E-state index in [0.717, 1.165) is 6.42 Å². The van der Waals surface area contributed by atoms with Crippen LogP contribution >= 0.6 is 0 Å². The molecular weight excluding hydrogens is 134 g/mol. The van der Waals surface area contributed by atoms with E-state index in [-0.39, 0.29) is 0 Å². The Morgan fingerprint density at radius 3 is 2.91 bits per heavy atom. The van der Waals surface area contributed by atoms with Crippen LogP contribution < -0.4 is 0 Å². The molecule has 11 heavy (non-hydrogen) atoms. The van der Waals surface area contributed by atoms with Crippen molar-refractivity contribution in [1.29, 1.82) is 0 Å². The van der Waals surface area contributed by atoms with Crippen LogP contribution in [0.3, 0.4) is 0 Å². The summed E-state index contributed by atoms with van der Waals surface area (Å²) in [5.41, 5.74) is 2.63. The van der Waals surface area contributed by atoms with Crippen molar-refractivity contribution in [2.45, 2.75) is 20.3 Å². The van der Waals surface area contributed by atoms with Gasteiger partial charge in [0.25, 0.3) is 0 Å². The highest BCUT2D eigenvalue weighted by molar-refractivity contribution is 5.13. The predicted octanol–water partition coefficient (Wildman–Crippen LogP) is 2.59. The molecule has 0 radical (unpaired) electrons. The highest BCUT2D eigenvalue weighted by Gasteiger charge is 1.86. The van der Waals surface area contributed by atoms with Gasteiger partial charge < -0.3 is 0 Å². The van der Waals surface area contributed by atoms with Crippen LogP contribution in [0.4, 0.5) is 0 Å². The van der Waals surface area contributed by atoms with Crippen LogP contribution in [0.5, 0.6) is 0 Å². The molecule has 0 bridgehead atoms. The van der Waals surface area contributed by atoms with E-state index in [1.807, 2.05) is 12.3 Å². The summed E-state index contributed by atoms with van der Waals surface area (Å²) in [4.78, 5) is 4.03. The minimum absolute atomic E-state index is 0.996. The molecule has 1 aromatic rings. The molecule has 0 unspecified atom stereocenters. The van der Waals surface area contributed by atoms with Gasteiger partial charge in [0, 0.05) is 12.4 Å². The van der Waals surface area contributed by atoms with Gasteiger partial charge in [0.15, 0.2) is 0 Å². The van der Waals surface area contributed by atoms with Crippen LogP contribution in [-0.4, -0.2) is 4.98 Å². The third-order valence-corrected chi connectivity index (χ3v) is 1.47. The molecule has 0 aromatic carbocycles. The summed E-state index contributed by atoms with van der Waals surface area (Å²) in [5, 5.41) is 0. The topological polar surface area (TPSA) is 12.9 Å². The van der Waals surface area contributed by atoms with E-state index < -0.39 is 0 Å². The van der Waals surface area contributed by atoms with Crippen molar-refractivity contribution in [3.63, 3.8) is 0 Å². The van der Waals surface area contributed by atoms with Crippen molar-refractivity contribution in [2.75, 3.05) is 0 Å². The van der Waals surface area contributed by atoms with Gasteiger partial charge in [0.1, 0.15) is 0 Å². The van der Waals surface area contributed by atoms with Gasteiger partial charge in [-0.25, -0.2) is 0 Å². The SMILES string of the molecule is CC(C)=CCc1cccnc1. The number of hydrogen-bond donors (Lipinski definition) is 0. The zero-order valence-electron chi connectivity index (χ0n) is 7.04. The Morgan fingerprint density at radius 1 is 1.55 bits per heavy atom. The molecule has 0 saturated carbocycles. The van der Waals surface area contributed by atoms with Crippen LogP contribution in [0.15, 0.2) is 36.2 Å². The van der Waals surface area contributed by atoms with Gasteiger partial charge in [-0.1, -0.05) is 17.7 Å². The third-order valence-electron chi connectivity index (χ3n) is 1.47. The van der Waals surface area contributed by atoms with Crippen molar-refractivity contribution in [3.8, 4) is 0 Å². The molecule has 0 N–H and O–H groups in total. The maximum absolute atomic E-state index is 4.03. The fourth-order valence-electron chi connectivity index (χ4n) is 0.841. The molecule has 58 valence electrons. The average molecular weight is 147 g/mol. The quantitative estimate of drug-likeness (QED) is 0.586. The molecular formula is C10H13N. The lowest BCUT2D eigenvalue weighted by Gasteiger charge is -1.94. The first-order valence-electron chi connectivity index (χ1n) is 3.81. The zero-order chi connectivity index (χ0) is 8.10. The fraction of sp³-hybridized carbons (Fsp3) is 0.300. The predicted molar refractivity (Wildman–Crippen MR) is 47.4 cm³/mol. The molecule has 1 heterocycles. The van der Waals surface area contributed by atoms with Crippen molar-refractivity contribution < 1.29 is 0 Å². The van der Waals surface area contributed by atoms with Crippen molar-refractivity contribution in [1.82, 2.24) is 4.98 Å². The van der Waals surface area contributed by atoms with Gasteiger partial charge in [0.2, 0.25) is 0 Å². The van der Waals surface area contributed by atoms with Crippen LogP contribution in [0, 0.1) is 0 Å². The molecule has 0 fully saturated rings. The average Bonchev–Trinajstić information content (AvgIpc) is 2.03. The number of nitrogens with zero attached hydrogens (tertiary/aromatic N) is 1. The van der Waals surface area contributed by atoms with E-state index in [4.69, 9.17) is 0 Å². The maximum atomic E-state index is 4.03. The van der Waals surface area contributed by atoms with Crippen molar-refractivity contribution in [3.05, 3.63) is 41.7 Å². The Labute approximate surface area is 67.8 Å². The minimum atomic E-state index is 0.996. The smallest absolute Gasteiger partial charge is 0.0303 e.